The molecule has 3 N–H and O–H groups in total. The predicted molar refractivity (Wildman–Crippen MR) is 79.7 cm³/mol. The van der Waals surface area contributed by atoms with Crippen LogP contribution in [0.5, 0.6) is 0 Å². The standard InChI is InChI=1S/C15H30N2O3/c1-4-15(16,14(18)19)8-5-9-17(10-11-20-3)12(2)13-6-7-13/h12-13H,4-11,16H2,1-3H3,(H,18,19). The largest absolute Gasteiger partial charge is 0.480 e. The highest BCUT2D eigenvalue weighted by Gasteiger charge is 2.34. The van der Waals surface area contributed by atoms with Crippen molar-refractivity contribution in [1.29, 1.82) is 0 Å². The fourth-order valence-corrected chi connectivity index (χ4v) is 2.64. The molecule has 5 nitrogen and oxygen atoms in total. The van der Waals surface area contributed by atoms with Gasteiger partial charge in [-0.25, -0.2) is 0 Å². The minimum absolute atomic E-state index is 0.471. The second-order valence-electron chi connectivity index (χ2n) is 6.03. The van der Waals surface area contributed by atoms with Crippen molar-refractivity contribution in [3.8, 4) is 0 Å². The van der Waals surface area contributed by atoms with Crippen molar-refractivity contribution >= 4 is 5.97 Å². The molecule has 0 aliphatic heterocycles. The van der Waals surface area contributed by atoms with E-state index in [0.717, 1.165) is 32.0 Å². The Balaban J connectivity index is 2.42. The minimum atomic E-state index is -1.07. The van der Waals surface area contributed by atoms with E-state index in [0.29, 0.717) is 18.9 Å². The smallest absolute Gasteiger partial charge is 0.323 e. The van der Waals surface area contributed by atoms with Gasteiger partial charge in [0.1, 0.15) is 5.54 Å². The normalized spacial score (nSPS) is 19.9. The maximum Gasteiger partial charge on any atom is 0.323 e. The molecule has 0 amide bonds. The predicted octanol–water partition coefficient (Wildman–Crippen LogP) is 1.71. The van der Waals surface area contributed by atoms with Crippen LogP contribution < -0.4 is 5.73 Å². The SMILES string of the molecule is CCC(N)(CCCN(CCOC)C(C)C1CC1)C(=O)O. The van der Waals surface area contributed by atoms with Crippen LogP contribution in [0, 0.1) is 5.92 Å². The van der Waals surface area contributed by atoms with Gasteiger partial charge in [0, 0.05) is 19.7 Å². The minimum Gasteiger partial charge on any atom is -0.480 e. The van der Waals surface area contributed by atoms with Crippen LogP contribution in [-0.2, 0) is 9.53 Å². The van der Waals surface area contributed by atoms with Crippen molar-refractivity contribution in [2.75, 3.05) is 26.8 Å². The van der Waals surface area contributed by atoms with Crippen molar-refractivity contribution in [3.63, 3.8) is 0 Å². The summed E-state index contributed by atoms with van der Waals surface area (Å²) in [6.07, 6.45) is 4.45. The zero-order valence-corrected chi connectivity index (χ0v) is 13.1. The Morgan fingerprint density at radius 1 is 1.50 bits per heavy atom. The first-order chi connectivity index (χ1) is 9.44. The van der Waals surface area contributed by atoms with E-state index in [2.05, 4.69) is 11.8 Å². The van der Waals surface area contributed by atoms with Crippen LogP contribution in [0.25, 0.3) is 0 Å². The molecule has 20 heavy (non-hydrogen) atoms. The summed E-state index contributed by atoms with van der Waals surface area (Å²) in [5.74, 6) is -0.0844. The van der Waals surface area contributed by atoms with Crippen LogP contribution in [0.1, 0.15) is 46.0 Å². The van der Waals surface area contributed by atoms with Crippen LogP contribution in [0.3, 0.4) is 0 Å². The van der Waals surface area contributed by atoms with Gasteiger partial charge in [0.25, 0.3) is 0 Å². The molecule has 2 atom stereocenters. The Morgan fingerprint density at radius 2 is 2.15 bits per heavy atom. The molecule has 5 heteroatoms. The van der Waals surface area contributed by atoms with E-state index < -0.39 is 11.5 Å². The monoisotopic (exact) mass is 286 g/mol. The van der Waals surface area contributed by atoms with Crippen LogP contribution >= 0.6 is 0 Å². The summed E-state index contributed by atoms with van der Waals surface area (Å²) in [6.45, 7) is 6.62. The molecule has 1 aliphatic carbocycles. The molecule has 0 aromatic heterocycles. The second-order valence-corrected chi connectivity index (χ2v) is 6.03. The van der Waals surface area contributed by atoms with Gasteiger partial charge in [-0.05, 0) is 51.5 Å². The lowest BCUT2D eigenvalue weighted by Crippen LogP contribution is -2.48. The van der Waals surface area contributed by atoms with Crippen LogP contribution in [0.2, 0.25) is 0 Å². The number of hydrogen-bond acceptors (Lipinski definition) is 4. The molecule has 0 aromatic rings. The third-order valence-electron chi connectivity index (χ3n) is 4.59. The average Bonchev–Trinajstić information content (AvgIpc) is 3.25. The van der Waals surface area contributed by atoms with Crippen LogP contribution in [0.4, 0.5) is 0 Å². The van der Waals surface area contributed by atoms with Gasteiger partial charge in [-0.1, -0.05) is 6.92 Å². The number of nitrogens with two attached hydrogens (primary N) is 1. The Labute approximate surface area is 122 Å². The summed E-state index contributed by atoms with van der Waals surface area (Å²) in [5.41, 5.74) is 4.86. The summed E-state index contributed by atoms with van der Waals surface area (Å²) < 4.78 is 5.17. The first kappa shape index (κ1) is 17.4. The van der Waals surface area contributed by atoms with Gasteiger partial charge in [-0.3, -0.25) is 9.69 Å². The number of carboxylic acids is 1. The average molecular weight is 286 g/mol. The number of rotatable bonds is 11. The van der Waals surface area contributed by atoms with Gasteiger partial charge in [-0.15, -0.1) is 0 Å². The molecule has 0 aromatic carbocycles. The van der Waals surface area contributed by atoms with Crippen molar-refractivity contribution in [2.24, 2.45) is 11.7 Å². The van der Waals surface area contributed by atoms with Crippen molar-refractivity contribution in [3.05, 3.63) is 0 Å². The molecule has 0 bridgehead atoms. The number of nitrogens with zero attached hydrogens (tertiary/aromatic N) is 1. The quantitative estimate of drug-likeness (QED) is 0.604. The molecule has 118 valence electrons. The summed E-state index contributed by atoms with van der Waals surface area (Å²) in [7, 11) is 1.71. The second kappa shape index (κ2) is 7.96. The molecule has 0 radical (unpaired) electrons. The molecule has 1 fully saturated rings. The van der Waals surface area contributed by atoms with Crippen molar-refractivity contribution in [2.45, 2.75) is 57.5 Å². The van der Waals surface area contributed by atoms with E-state index in [1.54, 1.807) is 7.11 Å². The molecule has 1 saturated carbocycles. The first-order valence-electron chi connectivity index (χ1n) is 7.70. The molecule has 0 heterocycles. The highest BCUT2D eigenvalue weighted by atomic mass is 16.5. The molecule has 0 spiro atoms. The van der Waals surface area contributed by atoms with Gasteiger partial charge in [0.05, 0.1) is 6.61 Å². The summed E-state index contributed by atoms with van der Waals surface area (Å²) >= 11 is 0. The Morgan fingerprint density at radius 3 is 2.60 bits per heavy atom. The molecule has 2 unspecified atom stereocenters. The Bertz CT molecular complexity index is 307. The number of ether oxygens (including phenoxy) is 1. The van der Waals surface area contributed by atoms with Crippen molar-refractivity contribution in [1.82, 2.24) is 4.90 Å². The lowest BCUT2D eigenvalue weighted by molar-refractivity contribution is -0.143. The number of hydrogen-bond donors (Lipinski definition) is 2. The maximum atomic E-state index is 11.2. The molecular formula is C15H30N2O3. The lowest BCUT2D eigenvalue weighted by atomic mass is 9.91. The van der Waals surface area contributed by atoms with E-state index in [-0.39, 0.29) is 0 Å². The van der Waals surface area contributed by atoms with Gasteiger partial charge < -0.3 is 15.6 Å². The van der Waals surface area contributed by atoms with Crippen LogP contribution in [0.15, 0.2) is 0 Å². The molecular weight excluding hydrogens is 256 g/mol. The zero-order chi connectivity index (χ0) is 15.2. The lowest BCUT2D eigenvalue weighted by Gasteiger charge is -2.30. The van der Waals surface area contributed by atoms with E-state index in [9.17, 15) is 9.90 Å². The fourth-order valence-electron chi connectivity index (χ4n) is 2.64. The third-order valence-corrected chi connectivity index (χ3v) is 4.59. The number of methoxy groups -OCH3 is 1. The highest BCUT2D eigenvalue weighted by molar-refractivity contribution is 5.78. The number of carboxylic acid groups (broad SMARTS) is 1. The first-order valence-corrected chi connectivity index (χ1v) is 7.70. The van der Waals surface area contributed by atoms with Gasteiger partial charge in [0.15, 0.2) is 0 Å². The number of aliphatic carboxylic acids is 1. The van der Waals surface area contributed by atoms with Gasteiger partial charge in [0.2, 0.25) is 0 Å². The maximum absolute atomic E-state index is 11.2. The molecule has 1 rings (SSSR count). The summed E-state index contributed by atoms with van der Waals surface area (Å²) in [6, 6.07) is 0.559. The van der Waals surface area contributed by atoms with Gasteiger partial charge >= 0.3 is 5.97 Å². The summed E-state index contributed by atoms with van der Waals surface area (Å²) in [4.78, 5) is 13.6. The Kier molecular flexibility index (Phi) is 6.92. The number of carbonyl (C=O) groups is 1. The van der Waals surface area contributed by atoms with E-state index in [4.69, 9.17) is 10.5 Å². The fraction of sp³-hybridized carbons (Fsp3) is 0.933. The zero-order valence-electron chi connectivity index (χ0n) is 13.1. The van der Waals surface area contributed by atoms with E-state index in [1.807, 2.05) is 6.92 Å². The van der Waals surface area contributed by atoms with E-state index >= 15 is 0 Å². The molecule has 0 saturated heterocycles. The van der Waals surface area contributed by atoms with Gasteiger partial charge in [-0.2, -0.15) is 0 Å². The van der Waals surface area contributed by atoms with Crippen LogP contribution in [-0.4, -0.2) is 54.4 Å². The Hall–Kier alpha value is -0.650. The topological polar surface area (TPSA) is 75.8 Å². The van der Waals surface area contributed by atoms with Crippen molar-refractivity contribution < 1.29 is 14.6 Å². The summed E-state index contributed by atoms with van der Waals surface area (Å²) in [5, 5.41) is 9.19. The third kappa shape index (κ3) is 5.04. The van der Waals surface area contributed by atoms with E-state index in [1.165, 1.54) is 12.8 Å². The highest BCUT2D eigenvalue weighted by Crippen LogP contribution is 2.35. The molecule has 1 aliphatic rings.